The summed E-state index contributed by atoms with van der Waals surface area (Å²) in [7, 11) is 0. The van der Waals surface area contributed by atoms with Gasteiger partial charge in [-0.05, 0) is 41.1 Å². The number of nitrogens with zero attached hydrogens (tertiary/aromatic N) is 3. The summed E-state index contributed by atoms with van der Waals surface area (Å²) in [6, 6.07) is 5.51. The van der Waals surface area contributed by atoms with Crippen LogP contribution in [0.2, 0.25) is 5.02 Å². The molecule has 0 aliphatic heterocycles. The Kier molecular flexibility index (Phi) is 2.67. The maximum atomic E-state index is 5.90. The molecule has 0 radical (unpaired) electrons. The highest BCUT2D eigenvalue weighted by Crippen LogP contribution is 2.25. The van der Waals surface area contributed by atoms with Gasteiger partial charge in [0.15, 0.2) is 5.82 Å². The second-order valence-corrected chi connectivity index (χ2v) is 4.33. The van der Waals surface area contributed by atoms with Crippen molar-refractivity contribution >= 4 is 33.3 Å². The van der Waals surface area contributed by atoms with E-state index in [1.54, 1.807) is 10.7 Å². The summed E-state index contributed by atoms with van der Waals surface area (Å²) < 4.78 is 2.48. The Morgan fingerprint density at radius 3 is 2.73 bits per heavy atom. The number of nitrogen functional groups attached to an aromatic ring is 1. The second-order valence-electron chi connectivity index (χ2n) is 3.07. The van der Waals surface area contributed by atoms with Gasteiger partial charge < -0.3 is 5.73 Å². The van der Waals surface area contributed by atoms with Crippen molar-refractivity contribution in [3.63, 3.8) is 0 Å². The molecule has 1 heterocycles. The maximum absolute atomic E-state index is 5.90. The van der Waals surface area contributed by atoms with E-state index in [0.717, 1.165) is 15.9 Å². The third-order valence-corrected chi connectivity index (χ3v) is 3.29. The molecular weight excluding hydrogens is 279 g/mol. The lowest BCUT2D eigenvalue weighted by molar-refractivity contribution is 0.785. The van der Waals surface area contributed by atoms with E-state index in [0.29, 0.717) is 10.8 Å². The lowest BCUT2D eigenvalue weighted by Gasteiger charge is -2.04. The van der Waals surface area contributed by atoms with Crippen LogP contribution in [0.4, 0.5) is 5.82 Å². The molecule has 0 aliphatic carbocycles. The molecule has 0 atom stereocenters. The molecule has 2 rings (SSSR count). The zero-order chi connectivity index (χ0) is 11.0. The minimum Gasteiger partial charge on any atom is -0.381 e. The number of hydrogen-bond acceptors (Lipinski definition) is 3. The van der Waals surface area contributed by atoms with Crippen LogP contribution < -0.4 is 5.73 Å². The van der Waals surface area contributed by atoms with Gasteiger partial charge in [-0.1, -0.05) is 16.8 Å². The summed E-state index contributed by atoms with van der Waals surface area (Å²) in [6.07, 6.45) is 0. The van der Waals surface area contributed by atoms with Crippen molar-refractivity contribution in [3.8, 4) is 5.69 Å². The van der Waals surface area contributed by atoms with Crippen LogP contribution in [0.5, 0.6) is 0 Å². The summed E-state index contributed by atoms with van der Waals surface area (Å²) in [5.74, 6) is 0.432. The number of hydrogen-bond donors (Lipinski definition) is 1. The predicted octanol–water partition coefficient (Wildman–Crippen LogP) is 2.57. The Morgan fingerprint density at radius 1 is 1.47 bits per heavy atom. The van der Waals surface area contributed by atoms with Gasteiger partial charge in [0.25, 0.3) is 0 Å². The summed E-state index contributed by atoms with van der Waals surface area (Å²) in [6.45, 7) is 1.86. The van der Waals surface area contributed by atoms with Crippen LogP contribution in [0.3, 0.4) is 0 Å². The Labute approximate surface area is 100 Å². The minimum absolute atomic E-state index is 0.432. The third-order valence-electron chi connectivity index (χ3n) is 2.08. The topological polar surface area (TPSA) is 56.7 Å². The molecule has 2 N–H and O–H groups in total. The molecule has 0 spiro atoms. The zero-order valence-corrected chi connectivity index (χ0v) is 10.2. The van der Waals surface area contributed by atoms with Crippen LogP contribution in [0.25, 0.3) is 5.69 Å². The molecule has 0 saturated carbocycles. The van der Waals surface area contributed by atoms with Crippen molar-refractivity contribution < 1.29 is 0 Å². The van der Waals surface area contributed by atoms with Gasteiger partial charge in [0, 0.05) is 4.47 Å². The summed E-state index contributed by atoms with van der Waals surface area (Å²) in [5, 5.41) is 8.38. The molecule has 0 unspecified atom stereocenters. The lowest BCUT2D eigenvalue weighted by Crippen LogP contribution is -1.99. The number of benzene rings is 1. The Bertz CT molecular complexity index is 509. The van der Waals surface area contributed by atoms with Crippen LogP contribution in [-0.4, -0.2) is 15.0 Å². The number of halogens is 2. The van der Waals surface area contributed by atoms with E-state index in [1.165, 1.54) is 0 Å². The average molecular weight is 288 g/mol. The summed E-state index contributed by atoms with van der Waals surface area (Å²) >= 11 is 9.25. The molecule has 15 heavy (non-hydrogen) atoms. The highest BCUT2D eigenvalue weighted by atomic mass is 79.9. The zero-order valence-electron chi connectivity index (χ0n) is 7.91. The molecule has 2 aromatic rings. The first-order chi connectivity index (χ1) is 7.09. The number of anilines is 1. The van der Waals surface area contributed by atoms with Crippen molar-refractivity contribution in [1.29, 1.82) is 0 Å². The van der Waals surface area contributed by atoms with Gasteiger partial charge in [0.2, 0.25) is 0 Å². The summed E-state index contributed by atoms with van der Waals surface area (Å²) in [4.78, 5) is 0. The van der Waals surface area contributed by atoms with Crippen molar-refractivity contribution in [1.82, 2.24) is 15.0 Å². The van der Waals surface area contributed by atoms with E-state index < -0.39 is 0 Å². The van der Waals surface area contributed by atoms with Gasteiger partial charge in [-0.2, -0.15) is 0 Å². The lowest BCUT2D eigenvalue weighted by atomic mass is 10.3. The van der Waals surface area contributed by atoms with Crippen LogP contribution in [-0.2, 0) is 0 Å². The molecule has 0 aliphatic rings. The smallest absolute Gasteiger partial charge is 0.169 e. The van der Waals surface area contributed by atoms with Crippen molar-refractivity contribution in [2.24, 2.45) is 0 Å². The first-order valence-electron chi connectivity index (χ1n) is 4.23. The molecule has 78 valence electrons. The fraction of sp³-hybridized carbons (Fsp3) is 0.111. The quantitative estimate of drug-likeness (QED) is 0.877. The van der Waals surface area contributed by atoms with Crippen LogP contribution >= 0.6 is 27.5 Å². The monoisotopic (exact) mass is 286 g/mol. The van der Waals surface area contributed by atoms with Crippen LogP contribution in [0.1, 0.15) is 5.69 Å². The van der Waals surface area contributed by atoms with Crippen LogP contribution in [0.15, 0.2) is 22.7 Å². The number of nitrogens with two attached hydrogens (primary N) is 1. The predicted molar refractivity (Wildman–Crippen MR) is 63.2 cm³/mol. The van der Waals surface area contributed by atoms with E-state index in [9.17, 15) is 0 Å². The van der Waals surface area contributed by atoms with E-state index >= 15 is 0 Å². The van der Waals surface area contributed by atoms with Crippen molar-refractivity contribution in [2.45, 2.75) is 6.92 Å². The van der Waals surface area contributed by atoms with Gasteiger partial charge in [-0.25, -0.2) is 4.68 Å². The minimum atomic E-state index is 0.432. The molecular formula is C9H8BrClN4. The van der Waals surface area contributed by atoms with E-state index in [4.69, 9.17) is 17.3 Å². The van der Waals surface area contributed by atoms with Gasteiger partial charge >= 0.3 is 0 Å². The maximum Gasteiger partial charge on any atom is 0.169 e. The van der Waals surface area contributed by atoms with Crippen molar-refractivity contribution in [2.75, 3.05) is 5.73 Å². The normalized spacial score (nSPS) is 10.6. The Balaban J connectivity index is 2.55. The third kappa shape index (κ3) is 1.85. The molecule has 6 heteroatoms. The van der Waals surface area contributed by atoms with Crippen LogP contribution in [0, 0.1) is 6.92 Å². The fourth-order valence-corrected chi connectivity index (χ4v) is 1.69. The Morgan fingerprint density at radius 2 is 2.20 bits per heavy atom. The molecule has 0 fully saturated rings. The van der Waals surface area contributed by atoms with Gasteiger partial charge in [-0.3, -0.25) is 0 Å². The molecule has 1 aromatic carbocycles. The summed E-state index contributed by atoms with van der Waals surface area (Å²) in [5.41, 5.74) is 7.29. The Hall–Kier alpha value is -1.07. The average Bonchev–Trinajstić information content (AvgIpc) is 2.53. The molecule has 1 aromatic heterocycles. The van der Waals surface area contributed by atoms with Gasteiger partial charge in [-0.15, -0.1) is 5.10 Å². The second kappa shape index (κ2) is 3.83. The molecule has 0 bridgehead atoms. The van der Waals surface area contributed by atoms with Gasteiger partial charge in [0.05, 0.1) is 16.4 Å². The van der Waals surface area contributed by atoms with E-state index in [2.05, 4.69) is 26.2 Å². The van der Waals surface area contributed by atoms with E-state index in [-0.39, 0.29) is 0 Å². The number of rotatable bonds is 1. The molecule has 4 nitrogen and oxygen atoms in total. The SMILES string of the molecule is Cc1c(N)nnn1-c1ccc(Cl)c(Br)c1. The fourth-order valence-electron chi connectivity index (χ4n) is 1.20. The molecule has 0 amide bonds. The highest BCUT2D eigenvalue weighted by molar-refractivity contribution is 9.10. The van der Waals surface area contributed by atoms with Crippen molar-refractivity contribution in [3.05, 3.63) is 33.4 Å². The number of aromatic nitrogens is 3. The standard InChI is InChI=1S/C9H8BrClN4/c1-5-9(12)13-14-15(5)6-2-3-8(11)7(10)4-6/h2-4H,12H2,1H3. The van der Waals surface area contributed by atoms with E-state index in [1.807, 2.05) is 19.1 Å². The van der Waals surface area contributed by atoms with Gasteiger partial charge in [0.1, 0.15) is 0 Å². The largest absolute Gasteiger partial charge is 0.381 e. The first kappa shape index (κ1) is 10.4. The first-order valence-corrected chi connectivity index (χ1v) is 5.40. The highest BCUT2D eigenvalue weighted by Gasteiger charge is 2.08. The molecule has 0 saturated heterocycles.